The lowest BCUT2D eigenvalue weighted by Gasteiger charge is -2.10. The minimum atomic E-state index is -1.21. The van der Waals surface area contributed by atoms with Gasteiger partial charge in [0, 0.05) is 12.1 Å². The van der Waals surface area contributed by atoms with Crippen LogP contribution in [-0.4, -0.2) is 33.8 Å². The third kappa shape index (κ3) is 4.08. The molecule has 0 unspecified atom stereocenters. The zero-order chi connectivity index (χ0) is 18.6. The summed E-state index contributed by atoms with van der Waals surface area (Å²) in [6.07, 6.45) is 0. The quantitative estimate of drug-likeness (QED) is 0.693. The van der Waals surface area contributed by atoms with Gasteiger partial charge in [-0.1, -0.05) is 18.2 Å². The van der Waals surface area contributed by atoms with E-state index < -0.39 is 23.6 Å². The maximum atomic E-state index is 12.2. The van der Waals surface area contributed by atoms with E-state index in [-0.39, 0.29) is 28.8 Å². The molecule has 0 aliphatic rings. The predicted molar refractivity (Wildman–Crippen MR) is 88.0 cm³/mol. The molecule has 0 bridgehead atoms. The van der Waals surface area contributed by atoms with Crippen molar-refractivity contribution in [2.24, 2.45) is 0 Å². The molecule has 7 heteroatoms. The van der Waals surface area contributed by atoms with Crippen LogP contribution in [0.15, 0.2) is 42.5 Å². The van der Waals surface area contributed by atoms with Crippen LogP contribution in [0.1, 0.15) is 53.9 Å². The summed E-state index contributed by atoms with van der Waals surface area (Å²) in [4.78, 5) is 46.0. The van der Waals surface area contributed by atoms with E-state index in [1.165, 1.54) is 43.3 Å². The first-order valence-corrected chi connectivity index (χ1v) is 7.29. The summed E-state index contributed by atoms with van der Waals surface area (Å²) in [6.45, 7) is 1.28. The molecule has 2 aromatic rings. The van der Waals surface area contributed by atoms with Crippen molar-refractivity contribution in [3.63, 3.8) is 0 Å². The van der Waals surface area contributed by atoms with Gasteiger partial charge in [0.1, 0.15) is 0 Å². The molecule has 0 radical (unpaired) electrons. The second-order valence-electron chi connectivity index (χ2n) is 5.27. The van der Waals surface area contributed by atoms with Gasteiger partial charge in [0.25, 0.3) is 5.91 Å². The number of ketones is 1. The molecule has 0 spiro atoms. The number of aromatic carboxylic acids is 2. The Kier molecular flexibility index (Phi) is 5.28. The SMILES string of the molecule is CC(=O)c1cc(CNC(=O)c2ccccc2C(=O)O)ccc1C(=O)O. The number of carbonyl (C=O) groups is 4. The highest BCUT2D eigenvalue weighted by atomic mass is 16.4. The van der Waals surface area contributed by atoms with Gasteiger partial charge in [-0.25, -0.2) is 9.59 Å². The van der Waals surface area contributed by atoms with Gasteiger partial charge in [0.05, 0.1) is 16.7 Å². The van der Waals surface area contributed by atoms with E-state index in [0.717, 1.165) is 0 Å². The summed E-state index contributed by atoms with van der Waals surface area (Å²) in [5.74, 6) is -3.40. The van der Waals surface area contributed by atoms with Crippen LogP contribution < -0.4 is 5.32 Å². The topological polar surface area (TPSA) is 121 Å². The monoisotopic (exact) mass is 341 g/mol. The maximum Gasteiger partial charge on any atom is 0.336 e. The van der Waals surface area contributed by atoms with Crippen LogP contribution in [0.2, 0.25) is 0 Å². The fourth-order valence-corrected chi connectivity index (χ4v) is 2.32. The first-order chi connectivity index (χ1) is 11.8. The molecular weight excluding hydrogens is 326 g/mol. The molecule has 7 nitrogen and oxygen atoms in total. The molecule has 0 atom stereocenters. The first kappa shape index (κ1) is 17.9. The van der Waals surface area contributed by atoms with Gasteiger partial charge in [-0.2, -0.15) is 0 Å². The summed E-state index contributed by atoms with van der Waals surface area (Å²) in [5, 5.41) is 20.7. The molecule has 0 aromatic heterocycles. The molecule has 0 heterocycles. The van der Waals surface area contributed by atoms with E-state index >= 15 is 0 Å². The Bertz CT molecular complexity index is 872. The highest BCUT2D eigenvalue weighted by molar-refractivity contribution is 6.05. The molecule has 0 saturated carbocycles. The van der Waals surface area contributed by atoms with E-state index in [0.29, 0.717) is 5.56 Å². The maximum absolute atomic E-state index is 12.2. The third-order valence-electron chi connectivity index (χ3n) is 3.55. The molecule has 2 aromatic carbocycles. The fourth-order valence-electron chi connectivity index (χ4n) is 2.32. The summed E-state index contributed by atoms with van der Waals surface area (Å²) in [7, 11) is 0. The molecule has 0 aliphatic carbocycles. The van der Waals surface area contributed by atoms with E-state index in [4.69, 9.17) is 10.2 Å². The van der Waals surface area contributed by atoms with Crippen molar-refractivity contribution in [3.05, 3.63) is 70.3 Å². The molecule has 2 rings (SSSR count). The Morgan fingerprint density at radius 2 is 1.40 bits per heavy atom. The molecule has 0 aliphatic heterocycles. The molecule has 0 fully saturated rings. The minimum absolute atomic E-state index is 0.0175. The average Bonchev–Trinajstić information content (AvgIpc) is 2.59. The summed E-state index contributed by atoms with van der Waals surface area (Å²) in [5.41, 5.74) is 0.356. The van der Waals surface area contributed by atoms with Gasteiger partial charge in [0.15, 0.2) is 5.78 Å². The third-order valence-corrected chi connectivity index (χ3v) is 3.55. The number of carboxylic acids is 2. The second kappa shape index (κ2) is 7.39. The lowest BCUT2D eigenvalue weighted by Crippen LogP contribution is -2.25. The van der Waals surface area contributed by atoms with Crippen LogP contribution >= 0.6 is 0 Å². The summed E-state index contributed by atoms with van der Waals surface area (Å²) in [6, 6.07) is 9.97. The van der Waals surface area contributed by atoms with E-state index in [2.05, 4.69) is 5.32 Å². The van der Waals surface area contributed by atoms with Gasteiger partial charge in [-0.15, -0.1) is 0 Å². The predicted octanol–water partition coefficient (Wildman–Crippen LogP) is 2.22. The number of carboxylic acid groups (broad SMARTS) is 2. The lowest BCUT2D eigenvalue weighted by atomic mass is 10.0. The van der Waals surface area contributed by atoms with E-state index in [1.807, 2.05) is 0 Å². The van der Waals surface area contributed by atoms with E-state index in [9.17, 15) is 19.2 Å². The molecule has 0 saturated heterocycles. The standard InChI is InChI=1S/C18H15NO6/c1-10(20)15-8-11(6-7-14(15)18(24)25)9-19-16(21)12-4-2-3-5-13(12)17(22)23/h2-8H,9H2,1H3,(H,19,21)(H,22,23)(H,24,25). The van der Waals surface area contributed by atoms with Crippen molar-refractivity contribution in [1.82, 2.24) is 5.32 Å². The Labute approximate surface area is 142 Å². The van der Waals surface area contributed by atoms with Crippen molar-refractivity contribution in [1.29, 1.82) is 0 Å². The molecule has 128 valence electrons. The summed E-state index contributed by atoms with van der Waals surface area (Å²) >= 11 is 0. The number of benzene rings is 2. The van der Waals surface area contributed by atoms with Crippen LogP contribution in [-0.2, 0) is 6.54 Å². The smallest absolute Gasteiger partial charge is 0.336 e. The highest BCUT2D eigenvalue weighted by Crippen LogP contribution is 2.14. The normalized spacial score (nSPS) is 10.1. The van der Waals surface area contributed by atoms with Crippen LogP contribution in [0.25, 0.3) is 0 Å². The van der Waals surface area contributed by atoms with Gasteiger partial charge in [-0.3, -0.25) is 9.59 Å². The first-order valence-electron chi connectivity index (χ1n) is 7.29. The summed E-state index contributed by atoms with van der Waals surface area (Å²) < 4.78 is 0. The zero-order valence-corrected chi connectivity index (χ0v) is 13.3. The number of amides is 1. The molecule has 3 N–H and O–H groups in total. The Hall–Kier alpha value is -3.48. The number of carbonyl (C=O) groups excluding carboxylic acids is 2. The van der Waals surface area contributed by atoms with Crippen LogP contribution in [0.3, 0.4) is 0 Å². The Morgan fingerprint density at radius 3 is 1.96 bits per heavy atom. The fraction of sp³-hybridized carbons (Fsp3) is 0.111. The Morgan fingerprint density at radius 1 is 0.840 bits per heavy atom. The number of Topliss-reactive ketones (excluding diaryl/α,β-unsaturated/α-hetero) is 1. The van der Waals surface area contributed by atoms with Gasteiger partial charge < -0.3 is 15.5 Å². The number of hydrogen-bond acceptors (Lipinski definition) is 4. The largest absolute Gasteiger partial charge is 0.478 e. The zero-order valence-electron chi connectivity index (χ0n) is 13.3. The van der Waals surface area contributed by atoms with Gasteiger partial charge in [-0.05, 0) is 36.8 Å². The average molecular weight is 341 g/mol. The van der Waals surface area contributed by atoms with Crippen molar-refractivity contribution >= 4 is 23.6 Å². The Balaban J connectivity index is 2.21. The second-order valence-corrected chi connectivity index (χ2v) is 5.27. The van der Waals surface area contributed by atoms with E-state index in [1.54, 1.807) is 6.07 Å². The van der Waals surface area contributed by atoms with Crippen molar-refractivity contribution in [2.75, 3.05) is 0 Å². The number of hydrogen-bond donors (Lipinski definition) is 3. The molecule has 1 amide bonds. The van der Waals surface area contributed by atoms with Crippen molar-refractivity contribution in [3.8, 4) is 0 Å². The van der Waals surface area contributed by atoms with Gasteiger partial charge in [0.2, 0.25) is 0 Å². The molecule has 25 heavy (non-hydrogen) atoms. The van der Waals surface area contributed by atoms with Crippen LogP contribution in [0.4, 0.5) is 0 Å². The van der Waals surface area contributed by atoms with Crippen molar-refractivity contribution < 1.29 is 29.4 Å². The number of nitrogens with one attached hydrogen (secondary N) is 1. The number of rotatable bonds is 6. The van der Waals surface area contributed by atoms with Crippen LogP contribution in [0.5, 0.6) is 0 Å². The van der Waals surface area contributed by atoms with Crippen molar-refractivity contribution in [2.45, 2.75) is 13.5 Å². The highest BCUT2D eigenvalue weighted by Gasteiger charge is 2.17. The van der Waals surface area contributed by atoms with Crippen LogP contribution in [0, 0.1) is 0 Å². The van der Waals surface area contributed by atoms with Gasteiger partial charge >= 0.3 is 11.9 Å². The minimum Gasteiger partial charge on any atom is -0.478 e. The molecular formula is C18H15NO6. The lowest BCUT2D eigenvalue weighted by molar-refractivity contribution is 0.0683.